The van der Waals surface area contributed by atoms with Gasteiger partial charge in [0.25, 0.3) is 11.4 Å². The molecule has 8 atom stereocenters. The average molecular weight is 845 g/mol. The Morgan fingerprint density at radius 2 is 1.36 bits per heavy atom. The van der Waals surface area contributed by atoms with Crippen molar-refractivity contribution < 1.29 is 53.4 Å². The number of carbonyl (C=O) groups excluding carboxylic acids is 4. The third-order valence-corrected chi connectivity index (χ3v) is 13.8. The molecule has 0 amide bonds. The van der Waals surface area contributed by atoms with E-state index in [1.807, 2.05) is 13.8 Å². The normalized spacial score (nSPS) is 29.4. The zero-order valence-corrected chi connectivity index (χ0v) is 35.4. The summed E-state index contributed by atoms with van der Waals surface area (Å²) in [5, 5.41) is 48.1. The first-order valence-corrected chi connectivity index (χ1v) is 21.3. The van der Waals surface area contributed by atoms with Crippen molar-refractivity contribution in [1.82, 2.24) is 0 Å². The number of ketones is 1. The molecule has 1 spiro atoms. The molecule has 0 aliphatic heterocycles. The number of benzene rings is 2. The number of aliphatic hydroxyl groups excluding tert-OH is 1. The first-order valence-electron chi connectivity index (χ1n) is 21.3. The van der Waals surface area contributed by atoms with Crippen LogP contribution in [-0.2, 0) is 23.8 Å². The van der Waals surface area contributed by atoms with Gasteiger partial charge in [0, 0.05) is 47.9 Å². The summed E-state index contributed by atoms with van der Waals surface area (Å²) in [6.07, 6.45) is 9.43. The minimum Gasteiger partial charge on any atom is -0.458 e. The summed E-state index contributed by atoms with van der Waals surface area (Å²) < 4.78 is 18.1. The van der Waals surface area contributed by atoms with Gasteiger partial charge < -0.3 is 24.4 Å². The molecule has 2 aromatic rings. The Hall–Kier alpha value is -5.28. The molecule has 0 aromatic heterocycles. The van der Waals surface area contributed by atoms with Gasteiger partial charge in [0.15, 0.2) is 17.5 Å². The second kappa shape index (κ2) is 17.6. The lowest BCUT2D eigenvalue weighted by atomic mass is 9.59. The van der Waals surface area contributed by atoms with E-state index in [-0.39, 0.29) is 46.5 Å². The van der Waals surface area contributed by atoms with Crippen molar-refractivity contribution >= 4 is 35.1 Å². The van der Waals surface area contributed by atoms with E-state index in [2.05, 4.69) is 6.92 Å². The molecular formula is C46H56N2O13. The molecule has 4 aliphatic carbocycles. The molecule has 4 aliphatic rings. The Bertz CT molecular complexity index is 2110. The van der Waals surface area contributed by atoms with Crippen LogP contribution in [0.1, 0.15) is 126 Å². The van der Waals surface area contributed by atoms with Crippen molar-refractivity contribution in [3.63, 3.8) is 0 Å². The molecule has 2 bridgehead atoms. The molecule has 2 aromatic carbocycles. The number of carbonyl (C=O) groups is 4. The summed E-state index contributed by atoms with van der Waals surface area (Å²) in [5.41, 5.74) is -6.80. The van der Waals surface area contributed by atoms with Crippen LogP contribution in [0, 0.1) is 48.8 Å². The fourth-order valence-corrected chi connectivity index (χ4v) is 10.6. The van der Waals surface area contributed by atoms with Gasteiger partial charge in [-0.2, -0.15) is 0 Å². The number of allylic oxidation sites excluding steroid dienone is 1. The number of nitro groups is 2. The molecule has 15 nitrogen and oxygen atoms in total. The minimum atomic E-state index is -2.58. The predicted molar refractivity (Wildman–Crippen MR) is 221 cm³/mol. The third kappa shape index (κ3) is 8.02. The second-order valence-corrected chi connectivity index (χ2v) is 17.8. The SMILES string of the molecule is CCCCCCCCCCCC(=O)O[C@@]12C[C@@H](C)[C@]34C=C(C)[C@H](OC(=O)c5ccc([N+](=O)[O-])cc5)[C@@]3(O)[C@H](O)C(COC(=O)c3ccc([N+](=O)[O-])cc3)=CC(C4=O)[C@@H]1C2(C)C. The van der Waals surface area contributed by atoms with Crippen molar-refractivity contribution in [3.05, 3.63) is 103 Å². The van der Waals surface area contributed by atoms with Crippen LogP contribution in [0.2, 0.25) is 0 Å². The molecule has 61 heavy (non-hydrogen) atoms. The summed E-state index contributed by atoms with van der Waals surface area (Å²) in [7, 11) is 0. The maximum atomic E-state index is 15.4. The maximum absolute atomic E-state index is 15.4. The van der Waals surface area contributed by atoms with E-state index < -0.39 is 92.1 Å². The number of nitro benzene ring substituents is 2. The van der Waals surface area contributed by atoms with E-state index in [1.54, 1.807) is 19.9 Å². The summed E-state index contributed by atoms with van der Waals surface area (Å²) in [6.45, 7) is 8.69. The molecular weight excluding hydrogens is 789 g/mol. The van der Waals surface area contributed by atoms with Crippen LogP contribution < -0.4 is 0 Å². The summed E-state index contributed by atoms with van der Waals surface area (Å²) >= 11 is 0. The number of fused-ring (bicyclic) bond motifs is 3. The molecule has 0 saturated heterocycles. The summed E-state index contributed by atoms with van der Waals surface area (Å²) in [6, 6.07) is 9.33. The van der Waals surface area contributed by atoms with Crippen molar-refractivity contribution in [2.75, 3.05) is 6.61 Å². The van der Waals surface area contributed by atoms with Crippen LogP contribution in [-0.4, -0.2) is 73.8 Å². The Morgan fingerprint density at radius 3 is 1.90 bits per heavy atom. The number of non-ortho nitro benzene ring substituents is 2. The lowest BCUT2D eigenvalue weighted by Gasteiger charge is -2.49. The van der Waals surface area contributed by atoms with E-state index in [0.29, 0.717) is 6.42 Å². The van der Waals surface area contributed by atoms with Crippen LogP contribution >= 0.6 is 0 Å². The van der Waals surface area contributed by atoms with Gasteiger partial charge in [-0.1, -0.05) is 91.2 Å². The maximum Gasteiger partial charge on any atom is 0.338 e. The fourth-order valence-electron chi connectivity index (χ4n) is 10.6. The fraction of sp³-hybridized carbons (Fsp3) is 0.565. The Morgan fingerprint density at radius 1 is 0.836 bits per heavy atom. The standard InChI is InChI=1S/C46H56N2O13/c1-6-7-8-9-10-11-12-13-14-15-36(49)61-45-26-29(3)44-25-28(2)40(60-42(53)31-18-22-34(23-19-31)48(57)58)46(44,54)38(50)32(24-35(39(44)51)37(45)43(45,4)5)27-59-41(52)30-16-20-33(21-17-30)47(55)56/h16-25,29,35,37-38,40,50,54H,6-15,26-27H2,1-5H3/t29-,35?,37-,38-,40+,44+,45+,46+/m1/s1. The van der Waals surface area contributed by atoms with Crippen LogP contribution in [0.15, 0.2) is 71.8 Å². The minimum absolute atomic E-state index is 0.0285. The molecule has 0 heterocycles. The topological polar surface area (TPSA) is 223 Å². The van der Waals surface area contributed by atoms with Gasteiger partial charge in [-0.25, -0.2) is 9.59 Å². The Kier molecular flexibility index (Phi) is 13.1. The summed E-state index contributed by atoms with van der Waals surface area (Å²) in [5.74, 6) is -5.24. The van der Waals surface area contributed by atoms with Crippen LogP contribution in [0.25, 0.3) is 0 Å². The van der Waals surface area contributed by atoms with E-state index in [1.165, 1.54) is 56.0 Å². The number of rotatable bonds is 18. The quantitative estimate of drug-likeness (QED) is 0.0364. The molecule has 2 saturated carbocycles. The molecule has 0 radical (unpaired) electrons. The number of unbranched alkanes of at least 4 members (excludes halogenated alkanes) is 8. The van der Waals surface area contributed by atoms with Gasteiger partial charge in [0.1, 0.15) is 18.3 Å². The summed E-state index contributed by atoms with van der Waals surface area (Å²) in [4.78, 5) is 77.3. The van der Waals surface area contributed by atoms with E-state index in [9.17, 15) is 44.8 Å². The van der Waals surface area contributed by atoms with Gasteiger partial charge in [-0.3, -0.25) is 29.8 Å². The van der Waals surface area contributed by atoms with Crippen molar-refractivity contribution in [3.8, 4) is 0 Å². The highest BCUT2D eigenvalue weighted by molar-refractivity contribution is 5.97. The zero-order chi connectivity index (χ0) is 44.5. The average Bonchev–Trinajstić information content (AvgIpc) is 3.63. The lowest BCUT2D eigenvalue weighted by molar-refractivity contribution is -0.385. The molecule has 6 rings (SSSR count). The van der Waals surface area contributed by atoms with Crippen molar-refractivity contribution in [2.45, 2.75) is 129 Å². The highest BCUT2D eigenvalue weighted by atomic mass is 16.6. The van der Waals surface area contributed by atoms with E-state index in [0.717, 1.165) is 49.9 Å². The monoisotopic (exact) mass is 844 g/mol. The number of aliphatic hydroxyl groups is 2. The van der Waals surface area contributed by atoms with Gasteiger partial charge in [-0.15, -0.1) is 0 Å². The number of ether oxygens (including phenoxy) is 3. The predicted octanol–water partition coefficient (Wildman–Crippen LogP) is 7.95. The molecule has 1 unspecified atom stereocenters. The van der Waals surface area contributed by atoms with Crippen molar-refractivity contribution in [1.29, 1.82) is 0 Å². The molecule has 2 fully saturated rings. The Balaban J connectivity index is 1.32. The Labute approximate surface area is 354 Å². The number of hydrogen-bond acceptors (Lipinski definition) is 13. The number of hydrogen-bond donors (Lipinski definition) is 2. The lowest BCUT2D eigenvalue weighted by Crippen LogP contribution is -2.66. The van der Waals surface area contributed by atoms with Gasteiger partial charge >= 0.3 is 17.9 Å². The van der Waals surface area contributed by atoms with Crippen LogP contribution in [0.3, 0.4) is 0 Å². The highest BCUT2D eigenvalue weighted by Crippen LogP contribution is 2.75. The largest absolute Gasteiger partial charge is 0.458 e. The van der Waals surface area contributed by atoms with E-state index in [4.69, 9.17) is 14.2 Å². The van der Waals surface area contributed by atoms with Crippen molar-refractivity contribution in [2.24, 2.45) is 28.6 Å². The third-order valence-electron chi connectivity index (χ3n) is 13.8. The zero-order valence-electron chi connectivity index (χ0n) is 35.4. The number of esters is 3. The number of nitrogens with zero attached hydrogens (tertiary/aromatic N) is 2. The molecule has 15 heteroatoms. The van der Waals surface area contributed by atoms with Gasteiger partial charge in [0.05, 0.1) is 26.4 Å². The number of Topliss-reactive ketones (excluding diaryl/α,β-unsaturated/α-hetero) is 1. The van der Waals surface area contributed by atoms with Gasteiger partial charge in [0.2, 0.25) is 0 Å². The highest BCUT2D eigenvalue weighted by Gasteiger charge is 2.83. The molecule has 328 valence electrons. The van der Waals surface area contributed by atoms with Crippen LogP contribution in [0.4, 0.5) is 11.4 Å². The molecule has 2 N–H and O–H groups in total. The first-order chi connectivity index (χ1) is 28.9. The van der Waals surface area contributed by atoms with Gasteiger partial charge in [-0.05, 0) is 61.1 Å². The second-order valence-electron chi connectivity index (χ2n) is 17.8. The smallest absolute Gasteiger partial charge is 0.338 e. The van der Waals surface area contributed by atoms with E-state index >= 15 is 4.79 Å². The van der Waals surface area contributed by atoms with Crippen LogP contribution in [0.5, 0.6) is 0 Å². The first kappa shape index (κ1) is 45.3.